The molecular weight excluding hydrogens is 315 g/mol. The number of hydrogen-bond acceptors (Lipinski definition) is 2. The van der Waals surface area contributed by atoms with Gasteiger partial charge < -0.3 is 15.5 Å². The third kappa shape index (κ3) is 11.5. The molecule has 0 unspecified atom stereocenters. The first-order valence-electron chi connectivity index (χ1n) is 9.53. The second-order valence-electron chi connectivity index (χ2n) is 6.64. The minimum absolute atomic E-state index is 0.177. The Morgan fingerprint density at radius 2 is 1.84 bits per heavy atom. The first-order chi connectivity index (χ1) is 12.1. The molecule has 0 heterocycles. The van der Waals surface area contributed by atoms with Crippen molar-refractivity contribution in [2.24, 2.45) is 4.99 Å². The molecule has 0 fully saturated rings. The highest BCUT2D eigenvalue weighted by atomic mass is 19.1. The lowest BCUT2D eigenvalue weighted by atomic mass is 10.1. The molecule has 25 heavy (non-hydrogen) atoms. The largest absolute Gasteiger partial charge is 0.357 e. The van der Waals surface area contributed by atoms with Gasteiger partial charge in [0, 0.05) is 19.6 Å². The van der Waals surface area contributed by atoms with E-state index in [9.17, 15) is 4.39 Å². The number of nitrogens with zero attached hydrogens (tertiary/aromatic N) is 2. The van der Waals surface area contributed by atoms with Gasteiger partial charge in [0.15, 0.2) is 5.96 Å². The molecule has 0 aromatic heterocycles. The van der Waals surface area contributed by atoms with Gasteiger partial charge in [-0.1, -0.05) is 31.4 Å². The fourth-order valence-electron chi connectivity index (χ4n) is 2.62. The molecule has 0 bridgehead atoms. The summed E-state index contributed by atoms with van der Waals surface area (Å²) in [4.78, 5) is 6.86. The summed E-state index contributed by atoms with van der Waals surface area (Å²) < 4.78 is 13.2. The quantitative estimate of drug-likeness (QED) is 0.345. The van der Waals surface area contributed by atoms with Crippen LogP contribution in [-0.4, -0.2) is 51.1 Å². The lowest BCUT2D eigenvalue weighted by Crippen LogP contribution is -2.38. The Hall–Kier alpha value is -1.62. The molecule has 0 saturated carbocycles. The maximum Gasteiger partial charge on any atom is 0.191 e. The van der Waals surface area contributed by atoms with Crippen LogP contribution in [0.1, 0.15) is 44.6 Å². The first kappa shape index (κ1) is 21.4. The van der Waals surface area contributed by atoms with Gasteiger partial charge in [-0.25, -0.2) is 4.39 Å². The van der Waals surface area contributed by atoms with E-state index < -0.39 is 0 Å². The summed E-state index contributed by atoms with van der Waals surface area (Å²) in [6, 6.07) is 6.76. The van der Waals surface area contributed by atoms with Gasteiger partial charge in [0.25, 0.3) is 0 Å². The molecule has 0 amide bonds. The van der Waals surface area contributed by atoms with Crippen LogP contribution >= 0.6 is 0 Å². The Morgan fingerprint density at radius 3 is 2.56 bits per heavy atom. The molecule has 0 saturated heterocycles. The number of guanidine groups is 1. The minimum atomic E-state index is -0.177. The Morgan fingerprint density at radius 1 is 1.08 bits per heavy atom. The number of benzene rings is 1. The summed E-state index contributed by atoms with van der Waals surface area (Å²) in [7, 11) is 4.25. The van der Waals surface area contributed by atoms with E-state index >= 15 is 0 Å². The van der Waals surface area contributed by atoms with Crippen LogP contribution in [0.5, 0.6) is 0 Å². The van der Waals surface area contributed by atoms with Crippen molar-refractivity contribution in [3.8, 4) is 0 Å². The van der Waals surface area contributed by atoms with E-state index in [1.165, 1.54) is 38.3 Å². The summed E-state index contributed by atoms with van der Waals surface area (Å²) in [6.45, 7) is 5.69. The zero-order valence-corrected chi connectivity index (χ0v) is 16.2. The van der Waals surface area contributed by atoms with E-state index in [1.54, 1.807) is 12.1 Å². The van der Waals surface area contributed by atoms with Gasteiger partial charge in [0.2, 0.25) is 0 Å². The lowest BCUT2D eigenvalue weighted by molar-refractivity contribution is 0.390. The van der Waals surface area contributed by atoms with Crippen molar-refractivity contribution in [3.63, 3.8) is 0 Å². The van der Waals surface area contributed by atoms with E-state index in [1.807, 2.05) is 6.07 Å². The maximum absolute atomic E-state index is 13.2. The summed E-state index contributed by atoms with van der Waals surface area (Å²) >= 11 is 0. The SMILES string of the molecule is CCNC(=NCCCCCCCN(C)C)NCCc1cccc(F)c1. The highest BCUT2D eigenvalue weighted by Crippen LogP contribution is 2.04. The van der Waals surface area contributed by atoms with Crippen molar-refractivity contribution >= 4 is 5.96 Å². The monoisotopic (exact) mass is 350 g/mol. The number of nitrogens with one attached hydrogen (secondary N) is 2. The Balaban J connectivity index is 2.18. The molecule has 0 spiro atoms. The first-order valence-corrected chi connectivity index (χ1v) is 9.53. The molecule has 4 nitrogen and oxygen atoms in total. The number of halogens is 1. The van der Waals surface area contributed by atoms with E-state index in [2.05, 4.69) is 41.5 Å². The van der Waals surface area contributed by atoms with Gasteiger partial charge in [-0.15, -0.1) is 0 Å². The molecule has 0 aliphatic carbocycles. The molecule has 0 aliphatic heterocycles. The van der Waals surface area contributed by atoms with Crippen LogP contribution in [0.25, 0.3) is 0 Å². The third-order valence-electron chi connectivity index (χ3n) is 3.97. The van der Waals surface area contributed by atoms with Gasteiger partial charge in [-0.05, 0) is 64.5 Å². The smallest absolute Gasteiger partial charge is 0.191 e. The molecule has 1 aromatic rings. The summed E-state index contributed by atoms with van der Waals surface area (Å²) in [5.41, 5.74) is 1.00. The fraction of sp³-hybridized carbons (Fsp3) is 0.650. The molecular formula is C20H35FN4. The van der Waals surface area contributed by atoms with Gasteiger partial charge in [-0.3, -0.25) is 4.99 Å². The Bertz CT molecular complexity index is 488. The minimum Gasteiger partial charge on any atom is -0.357 e. The van der Waals surface area contributed by atoms with Crippen molar-refractivity contribution in [2.75, 3.05) is 40.3 Å². The zero-order chi connectivity index (χ0) is 18.3. The van der Waals surface area contributed by atoms with Crippen molar-refractivity contribution < 1.29 is 4.39 Å². The van der Waals surface area contributed by atoms with Gasteiger partial charge >= 0.3 is 0 Å². The van der Waals surface area contributed by atoms with Crippen LogP contribution in [0.3, 0.4) is 0 Å². The second kappa shape index (κ2) is 13.6. The standard InChI is InChI=1S/C20H35FN4/c1-4-22-20(23-14-8-6-5-7-9-16-25(2)3)24-15-13-18-11-10-12-19(21)17-18/h10-12,17H,4-9,13-16H2,1-3H3,(H2,22,23,24). The number of rotatable bonds is 12. The average Bonchev–Trinajstić information content (AvgIpc) is 2.57. The Kier molecular flexibility index (Phi) is 11.7. The molecule has 0 aliphatic rings. The predicted octanol–water partition coefficient (Wildman–Crippen LogP) is 3.44. The number of unbranched alkanes of at least 4 members (excludes halogenated alkanes) is 4. The van der Waals surface area contributed by atoms with Crippen LogP contribution in [0.2, 0.25) is 0 Å². The fourth-order valence-corrected chi connectivity index (χ4v) is 2.62. The summed E-state index contributed by atoms with van der Waals surface area (Å²) in [5, 5.41) is 6.59. The number of aliphatic imine (C=N–C) groups is 1. The van der Waals surface area contributed by atoms with Crippen LogP contribution in [0, 0.1) is 5.82 Å². The van der Waals surface area contributed by atoms with E-state index in [-0.39, 0.29) is 5.82 Å². The molecule has 1 aromatic carbocycles. The van der Waals surface area contributed by atoms with Crippen LogP contribution in [-0.2, 0) is 6.42 Å². The van der Waals surface area contributed by atoms with Crippen LogP contribution in [0.15, 0.2) is 29.3 Å². The molecule has 5 heteroatoms. The van der Waals surface area contributed by atoms with Crippen molar-refractivity contribution in [1.82, 2.24) is 15.5 Å². The second-order valence-corrected chi connectivity index (χ2v) is 6.64. The van der Waals surface area contributed by atoms with Gasteiger partial charge in [0.1, 0.15) is 5.82 Å². The van der Waals surface area contributed by atoms with Crippen LogP contribution in [0.4, 0.5) is 4.39 Å². The predicted molar refractivity (Wildman–Crippen MR) is 106 cm³/mol. The van der Waals surface area contributed by atoms with E-state index in [0.717, 1.165) is 44.0 Å². The normalized spacial score (nSPS) is 11.8. The zero-order valence-electron chi connectivity index (χ0n) is 16.2. The van der Waals surface area contributed by atoms with E-state index in [0.29, 0.717) is 0 Å². The topological polar surface area (TPSA) is 39.7 Å². The molecule has 2 N–H and O–H groups in total. The molecule has 0 atom stereocenters. The maximum atomic E-state index is 13.2. The van der Waals surface area contributed by atoms with E-state index in [4.69, 9.17) is 0 Å². The molecule has 1 rings (SSSR count). The third-order valence-corrected chi connectivity index (χ3v) is 3.97. The summed E-state index contributed by atoms with van der Waals surface area (Å²) in [5.74, 6) is 0.676. The van der Waals surface area contributed by atoms with Gasteiger partial charge in [-0.2, -0.15) is 0 Å². The number of hydrogen-bond donors (Lipinski definition) is 2. The molecule has 142 valence electrons. The summed E-state index contributed by atoms with van der Waals surface area (Å²) in [6.07, 6.45) is 7.01. The molecule has 0 radical (unpaired) electrons. The average molecular weight is 351 g/mol. The van der Waals surface area contributed by atoms with Crippen molar-refractivity contribution in [1.29, 1.82) is 0 Å². The lowest BCUT2D eigenvalue weighted by Gasteiger charge is -2.11. The van der Waals surface area contributed by atoms with Crippen molar-refractivity contribution in [3.05, 3.63) is 35.6 Å². The highest BCUT2D eigenvalue weighted by molar-refractivity contribution is 5.79. The Labute approximate surface area is 152 Å². The van der Waals surface area contributed by atoms with Crippen LogP contribution < -0.4 is 10.6 Å². The van der Waals surface area contributed by atoms with Gasteiger partial charge in [0.05, 0.1) is 0 Å². The highest BCUT2D eigenvalue weighted by Gasteiger charge is 1.99. The van der Waals surface area contributed by atoms with Crippen molar-refractivity contribution in [2.45, 2.75) is 45.4 Å².